The lowest BCUT2D eigenvalue weighted by molar-refractivity contribution is 0.318. The summed E-state index contributed by atoms with van der Waals surface area (Å²) in [7, 11) is 0. The van der Waals surface area contributed by atoms with Crippen LogP contribution in [0.1, 0.15) is 5.56 Å². The van der Waals surface area contributed by atoms with E-state index in [1.165, 1.54) is 0 Å². The number of nitrogens with two attached hydrogens (primary N) is 1. The largest absolute Gasteiger partial charge is 0.409 e. The van der Waals surface area contributed by atoms with Crippen molar-refractivity contribution in [3.05, 3.63) is 53.1 Å². The Morgan fingerprint density at radius 1 is 1.25 bits per heavy atom. The summed E-state index contributed by atoms with van der Waals surface area (Å²) in [6, 6.07) is 12.6. The maximum atomic E-state index is 8.67. The molecule has 0 spiro atoms. The van der Waals surface area contributed by atoms with Gasteiger partial charge in [0.05, 0.1) is 16.2 Å². The van der Waals surface area contributed by atoms with Gasteiger partial charge in [-0.1, -0.05) is 34.1 Å². The molecule has 0 amide bonds. The van der Waals surface area contributed by atoms with E-state index in [4.69, 9.17) is 22.5 Å². The van der Waals surface area contributed by atoms with Crippen molar-refractivity contribution in [2.24, 2.45) is 10.9 Å². The predicted octanol–water partition coefficient (Wildman–Crippen LogP) is 2.17. The first-order valence-electron chi connectivity index (χ1n) is 5.79. The molecule has 0 radical (unpaired) electrons. The number of benzene rings is 2. The molecule has 0 aliphatic rings. The van der Waals surface area contributed by atoms with Crippen LogP contribution in [0.25, 0.3) is 16.7 Å². The number of amidine groups is 1. The van der Waals surface area contributed by atoms with Crippen LogP contribution in [0, 0.1) is 0 Å². The highest BCUT2D eigenvalue weighted by Gasteiger charge is 2.11. The normalized spacial score (nSPS) is 11.9. The van der Waals surface area contributed by atoms with Crippen LogP contribution in [0.2, 0.25) is 5.02 Å². The number of hydrogen-bond donors (Lipinski definition) is 2. The Morgan fingerprint density at radius 3 is 2.80 bits per heavy atom. The van der Waals surface area contributed by atoms with Gasteiger partial charge in [-0.05, 0) is 30.3 Å². The van der Waals surface area contributed by atoms with Gasteiger partial charge in [0.1, 0.15) is 5.52 Å². The first-order chi connectivity index (χ1) is 9.70. The molecule has 0 bridgehead atoms. The van der Waals surface area contributed by atoms with Crippen molar-refractivity contribution >= 4 is 28.5 Å². The van der Waals surface area contributed by atoms with E-state index < -0.39 is 0 Å². The molecule has 0 saturated carbocycles. The molecule has 0 atom stereocenters. The standard InChI is InChI=1S/C13H10ClN5O/c14-9-7-8(13(15)17-20)5-6-11(9)19-12-4-2-1-3-10(12)16-18-19/h1-7,20H,(H2,15,17). The smallest absolute Gasteiger partial charge is 0.170 e. The molecule has 1 heterocycles. The maximum Gasteiger partial charge on any atom is 0.170 e. The summed E-state index contributed by atoms with van der Waals surface area (Å²) >= 11 is 6.24. The highest BCUT2D eigenvalue weighted by molar-refractivity contribution is 6.32. The van der Waals surface area contributed by atoms with Crippen molar-refractivity contribution in [1.29, 1.82) is 0 Å². The van der Waals surface area contributed by atoms with Crippen molar-refractivity contribution in [2.45, 2.75) is 0 Å². The van der Waals surface area contributed by atoms with Gasteiger partial charge < -0.3 is 10.9 Å². The van der Waals surface area contributed by atoms with Crippen LogP contribution in [0.15, 0.2) is 47.6 Å². The molecule has 0 fully saturated rings. The molecule has 7 heteroatoms. The monoisotopic (exact) mass is 287 g/mol. The molecular weight excluding hydrogens is 278 g/mol. The van der Waals surface area contributed by atoms with Crippen LogP contribution in [-0.4, -0.2) is 26.0 Å². The topological polar surface area (TPSA) is 89.3 Å². The molecule has 3 aromatic rings. The Morgan fingerprint density at radius 2 is 2.05 bits per heavy atom. The number of oxime groups is 1. The van der Waals surface area contributed by atoms with Crippen molar-refractivity contribution in [1.82, 2.24) is 15.0 Å². The van der Waals surface area contributed by atoms with Crippen molar-refractivity contribution in [3.8, 4) is 5.69 Å². The zero-order chi connectivity index (χ0) is 14.1. The minimum absolute atomic E-state index is 0.00176. The van der Waals surface area contributed by atoms with Gasteiger partial charge in [0.15, 0.2) is 5.84 Å². The van der Waals surface area contributed by atoms with E-state index in [0.717, 1.165) is 11.0 Å². The van der Waals surface area contributed by atoms with Gasteiger partial charge in [-0.2, -0.15) is 0 Å². The molecule has 3 N–H and O–H groups in total. The molecule has 0 aliphatic heterocycles. The third-order valence-corrected chi connectivity index (χ3v) is 3.23. The van der Waals surface area contributed by atoms with E-state index in [0.29, 0.717) is 16.3 Å². The Labute approximate surface area is 119 Å². The van der Waals surface area contributed by atoms with Crippen LogP contribution in [0.4, 0.5) is 0 Å². The molecule has 6 nitrogen and oxygen atoms in total. The fourth-order valence-corrected chi connectivity index (χ4v) is 2.20. The number of nitrogens with zero attached hydrogens (tertiary/aromatic N) is 4. The van der Waals surface area contributed by atoms with Gasteiger partial charge in [0.2, 0.25) is 0 Å². The molecule has 100 valence electrons. The summed E-state index contributed by atoms with van der Waals surface area (Å²) in [5.74, 6) is 0.00176. The Hall–Kier alpha value is -2.60. The number of fused-ring (bicyclic) bond motifs is 1. The van der Waals surface area contributed by atoms with Gasteiger partial charge in [-0.25, -0.2) is 4.68 Å². The molecular formula is C13H10ClN5O. The Balaban J connectivity index is 2.15. The predicted molar refractivity (Wildman–Crippen MR) is 76.4 cm³/mol. The van der Waals surface area contributed by atoms with Crippen molar-refractivity contribution in [2.75, 3.05) is 0 Å². The number of aromatic nitrogens is 3. The maximum absolute atomic E-state index is 8.67. The number of rotatable bonds is 2. The third kappa shape index (κ3) is 1.96. The third-order valence-electron chi connectivity index (χ3n) is 2.93. The average molecular weight is 288 g/mol. The first kappa shape index (κ1) is 12.4. The van der Waals surface area contributed by atoms with Gasteiger partial charge in [-0.3, -0.25) is 0 Å². The van der Waals surface area contributed by atoms with Gasteiger partial charge in [0.25, 0.3) is 0 Å². The van der Waals surface area contributed by atoms with Crippen LogP contribution < -0.4 is 5.73 Å². The molecule has 0 saturated heterocycles. The summed E-state index contributed by atoms with van der Waals surface area (Å²) < 4.78 is 1.65. The lowest BCUT2D eigenvalue weighted by atomic mass is 10.2. The van der Waals surface area contributed by atoms with Crippen LogP contribution in [0.5, 0.6) is 0 Å². The minimum Gasteiger partial charge on any atom is -0.409 e. The first-order valence-corrected chi connectivity index (χ1v) is 6.17. The van der Waals surface area contributed by atoms with Crippen molar-refractivity contribution in [3.63, 3.8) is 0 Å². The summed E-state index contributed by atoms with van der Waals surface area (Å²) in [6.07, 6.45) is 0. The summed E-state index contributed by atoms with van der Waals surface area (Å²) in [5.41, 5.74) is 8.37. The van der Waals surface area contributed by atoms with Crippen LogP contribution in [-0.2, 0) is 0 Å². The minimum atomic E-state index is 0.00176. The quantitative estimate of drug-likeness (QED) is 0.327. The molecule has 1 aromatic heterocycles. The fourth-order valence-electron chi connectivity index (χ4n) is 1.94. The number of para-hydroxylation sites is 1. The molecule has 20 heavy (non-hydrogen) atoms. The van der Waals surface area contributed by atoms with Gasteiger partial charge in [0, 0.05) is 5.56 Å². The van der Waals surface area contributed by atoms with E-state index in [2.05, 4.69) is 15.5 Å². The Kier molecular flexibility index (Phi) is 3.00. The number of hydrogen-bond acceptors (Lipinski definition) is 4. The summed E-state index contributed by atoms with van der Waals surface area (Å²) in [5, 5.41) is 20.2. The highest BCUT2D eigenvalue weighted by atomic mass is 35.5. The van der Waals surface area contributed by atoms with E-state index in [1.807, 2.05) is 24.3 Å². The second-order valence-electron chi connectivity index (χ2n) is 4.14. The van der Waals surface area contributed by atoms with Crippen LogP contribution in [0.3, 0.4) is 0 Å². The second kappa shape index (κ2) is 4.82. The van der Waals surface area contributed by atoms with Gasteiger partial charge in [-0.15, -0.1) is 5.10 Å². The molecule has 0 aliphatic carbocycles. The lowest BCUT2D eigenvalue weighted by Gasteiger charge is -2.06. The summed E-state index contributed by atoms with van der Waals surface area (Å²) in [6.45, 7) is 0. The molecule has 3 rings (SSSR count). The highest BCUT2D eigenvalue weighted by Crippen LogP contribution is 2.24. The summed E-state index contributed by atoms with van der Waals surface area (Å²) in [4.78, 5) is 0. The van der Waals surface area contributed by atoms with E-state index in [1.54, 1.807) is 22.9 Å². The van der Waals surface area contributed by atoms with E-state index in [-0.39, 0.29) is 5.84 Å². The van der Waals surface area contributed by atoms with Crippen LogP contribution >= 0.6 is 11.6 Å². The SMILES string of the molecule is NC(=NO)c1ccc(-n2nnc3ccccc32)c(Cl)c1. The average Bonchev–Trinajstić information content (AvgIpc) is 2.90. The lowest BCUT2D eigenvalue weighted by Crippen LogP contribution is -2.13. The molecule has 2 aromatic carbocycles. The zero-order valence-electron chi connectivity index (χ0n) is 10.2. The zero-order valence-corrected chi connectivity index (χ0v) is 11.0. The van der Waals surface area contributed by atoms with E-state index >= 15 is 0 Å². The van der Waals surface area contributed by atoms with Crippen molar-refractivity contribution < 1.29 is 5.21 Å². The van der Waals surface area contributed by atoms with E-state index in [9.17, 15) is 0 Å². The number of halogens is 1. The second-order valence-corrected chi connectivity index (χ2v) is 4.55. The fraction of sp³-hybridized carbons (Fsp3) is 0. The molecule has 0 unspecified atom stereocenters. The van der Waals surface area contributed by atoms with Gasteiger partial charge >= 0.3 is 0 Å². The Bertz CT molecular complexity index is 811.